The van der Waals surface area contributed by atoms with E-state index in [0.717, 1.165) is 0 Å². The minimum absolute atomic E-state index is 0.284. The van der Waals surface area contributed by atoms with Crippen LogP contribution in [-0.4, -0.2) is 19.3 Å². The first kappa shape index (κ1) is 8.20. The molecule has 0 aliphatic rings. The zero-order valence-corrected chi connectivity index (χ0v) is 5.02. The van der Waals surface area contributed by atoms with E-state index in [1.54, 1.807) is 0 Å². The molecule has 53 valence electrons. The first-order chi connectivity index (χ1) is 4.27. The van der Waals surface area contributed by atoms with Crippen molar-refractivity contribution in [3.63, 3.8) is 0 Å². The number of halogens is 1. The van der Waals surface area contributed by atoms with Crippen molar-refractivity contribution >= 4 is 6.09 Å². The van der Waals surface area contributed by atoms with Crippen LogP contribution in [0.25, 0.3) is 0 Å². The fourth-order valence-corrected chi connectivity index (χ4v) is 0.410. The maximum atomic E-state index is 11.3. The first-order valence-electron chi connectivity index (χ1n) is 2.78. The van der Waals surface area contributed by atoms with E-state index in [2.05, 4.69) is 0 Å². The second-order valence-electron chi connectivity index (χ2n) is 1.61. The molecule has 4 heteroatoms. The molecule has 1 amide bonds. The van der Waals surface area contributed by atoms with Crippen LogP contribution in [-0.2, 0) is 5.11 Å². The zero-order valence-electron chi connectivity index (χ0n) is 5.02. The van der Waals surface area contributed by atoms with Crippen molar-refractivity contribution in [2.75, 3.05) is 13.2 Å². The lowest BCUT2D eigenvalue weighted by Gasteiger charge is -1.94. The monoisotopic (exact) mass is 134 g/mol. The standard InChI is InChI=1S/C5H9FNO2/c6-3-1-2-4-7-5(8)9/h7H,1-4H2. The summed E-state index contributed by atoms with van der Waals surface area (Å²) in [6.45, 7) is -0.110. The smallest absolute Gasteiger partial charge is 0.318 e. The minimum Gasteiger partial charge on any atom is -0.318 e. The largest absolute Gasteiger partial charge is 0.450 e. The lowest BCUT2D eigenvalue weighted by molar-refractivity contribution is 0.168. The van der Waals surface area contributed by atoms with Gasteiger partial charge in [-0.2, -0.15) is 0 Å². The van der Waals surface area contributed by atoms with Gasteiger partial charge in [-0.25, -0.2) is 9.90 Å². The van der Waals surface area contributed by atoms with Gasteiger partial charge in [0.25, 0.3) is 0 Å². The molecule has 3 nitrogen and oxygen atoms in total. The van der Waals surface area contributed by atoms with E-state index in [9.17, 15) is 14.3 Å². The Morgan fingerprint density at radius 3 is 2.56 bits per heavy atom. The summed E-state index contributed by atoms with van der Waals surface area (Å²) in [6.07, 6.45) is -0.362. The molecular weight excluding hydrogens is 125 g/mol. The number of hydrogen-bond donors (Lipinski definition) is 1. The third-order valence-electron chi connectivity index (χ3n) is 0.830. The van der Waals surface area contributed by atoms with E-state index in [0.29, 0.717) is 12.8 Å². The number of carbonyl (C=O) groups excluding carboxylic acids is 1. The highest BCUT2D eigenvalue weighted by atomic mass is 19.1. The highest BCUT2D eigenvalue weighted by Crippen LogP contribution is 1.85. The van der Waals surface area contributed by atoms with Crippen LogP contribution in [0.5, 0.6) is 0 Å². The molecule has 0 aliphatic carbocycles. The quantitative estimate of drug-likeness (QED) is 0.570. The topological polar surface area (TPSA) is 49.0 Å². The van der Waals surface area contributed by atoms with Crippen molar-refractivity contribution in [3.05, 3.63) is 0 Å². The molecule has 0 atom stereocenters. The van der Waals surface area contributed by atoms with Crippen LogP contribution in [0.15, 0.2) is 0 Å². The molecule has 0 saturated heterocycles. The predicted molar refractivity (Wildman–Crippen MR) is 29.3 cm³/mol. The first-order valence-corrected chi connectivity index (χ1v) is 2.78. The molecular formula is C5H9FNO2. The summed E-state index contributed by atoms with van der Waals surface area (Å²) in [5, 5.41) is 11.7. The normalized spacial score (nSPS) is 9.00. The van der Waals surface area contributed by atoms with Crippen LogP contribution in [0.2, 0.25) is 0 Å². The van der Waals surface area contributed by atoms with Crippen LogP contribution >= 0.6 is 0 Å². The molecule has 0 rings (SSSR count). The van der Waals surface area contributed by atoms with Crippen LogP contribution in [0.3, 0.4) is 0 Å². The summed E-state index contributed by atoms with van der Waals surface area (Å²) >= 11 is 0. The third-order valence-corrected chi connectivity index (χ3v) is 0.830. The number of rotatable bonds is 4. The molecule has 0 heterocycles. The Balaban J connectivity index is 2.83. The molecule has 0 unspecified atom stereocenters. The minimum atomic E-state index is -1.30. The van der Waals surface area contributed by atoms with Crippen LogP contribution in [0.4, 0.5) is 9.18 Å². The number of amides is 1. The van der Waals surface area contributed by atoms with Crippen molar-refractivity contribution < 1.29 is 14.3 Å². The van der Waals surface area contributed by atoms with Crippen molar-refractivity contribution in [1.82, 2.24) is 5.32 Å². The van der Waals surface area contributed by atoms with Gasteiger partial charge in [-0.1, -0.05) is 0 Å². The maximum absolute atomic E-state index is 11.3. The van der Waals surface area contributed by atoms with E-state index in [-0.39, 0.29) is 6.54 Å². The van der Waals surface area contributed by atoms with E-state index >= 15 is 0 Å². The van der Waals surface area contributed by atoms with Crippen LogP contribution < -0.4 is 5.32 Å². The van der Waals surface area contributed by atoms with E-state index in [1.807, 2.05) is 5.32 Å². The Morgan fingerprint density at radius 1 is 1.44 bits per heavy atom. The molecule has 0 spiro atoms. The molecule has 0 bridgehead atoms. The highest BCUT2D eigenvalue weighted by molar-refractivity contribution is 5.63. The Labute approximate surface area is 52.9 Å². The predicted octanol–water partition coefficient (Wildman–Crippen LogP) is 0.876. The van der Waals surface area contributed by atoms with E-state index in [1.165, 1.54) is 0 Å². The number of carbonyl (C=O) groups is 1. The van der Waals surface area contributed by atoms with E-state index in [4.69, 9.17) is 0 Å². The highest BCUT2D eigenvalue weighted by Gasteiger charge is 1.93. The van der Waals surface area contributed by atoms with Gasteiger partial charge in [0, 0.05) is 6.54 Å². The molecule has 1 radical (unpaired) electrons. The molecule has 9 heavy (non-hydrogen) atoms. The number of nitrogens with one attached hydrogen (secondary N) is 1. The van der Waals surface area contributed by atoms with Gasteiger partial charge in [0.15, 0.2) is 0 Å². The van der Waals surface area contributed by atoms with Crippen LogP contribution in [0, 0.1) is 0 Å². The number of hydrogen-bond acceptors (Lipinski definition) is 1. The van der Waals surface area contributed by atoms with Gasteiger partial charge < -0.3 is 5.32 Å². The third kappa shape index (κ3) is 7.20. The number of unbranched alkanes of at least 4 members (excludes halogenated alkanes) is 1. The van der Waals surface area contributed by atoms with Crippen molar-refractivity contribution in [1.29, 1.82) is 0 Å². The van der Waals surface area contributed by atoms with Gasteiger partial charge in [0.2, 0.25) is 0 Å². The molecule has 0 saturated carbocycles. The van der Waals surface area contributed by atoms with Gasteiger partial charge in [0.1, 0.15) is 0 Å². The van der Waals surface area contributed by atoms with Gasteiger partial charge in [-0.05, 0) is 12.8 Å². The van der Waals surface area contributed by atoms with Gasteiger partial charge in [-0.15, -0.1) is 0 Å². The maximum Gasteiger partial charge on any atom is 0.450 e. The summed E-state index contributed by atoms with van der Waals surface area (Å²) in [5.74, 6) is 0. The van der Waals surface area contributed by atoms with Gasteiger partial charge in [-0.3, -0.25) is 4.39 Å². The van der Waals surface area contributed by atoms with Crippen molar-refractivity contribution in [2.45, 2.75) is 12.8 Å². The molecule has 1 N–H and O–H groups in total. The Morgan fingerprint density at radius 2 is 2.11 bits per heavy atom. The number of alkyl halides is 1. The molecule has 0 aromatic rings. The second kappa shape index (κ2) is 5.34. The Kier molecular flexibility index (Phi) is 4.86. The van der Waals surface area contributed by atoms with Crippen LogP contribution in [0.1, 0.15) is 12.8 Å². The lowest BCUT2D eigenvalue weighted by Crippen LogP contribution is -2.20. The summed E-state index contributed by atoms with van der Waals surface area (Å²) in [7, 11) is 0. The summed E-state index contributed by atoms with van der Waals surface area (Å²) in [6, 6.07) is 0. The Bertz CT molecular complexity index is 87.0. The average Bonchev–Trinajstić information content (AvgIpc) is 1.80. The van der Waals surface area contributed by atoms with Gasteiger partial charge >= 0.3 is 6.09 Å². The fourth-order valence-electron chi connectivity index (χ4n) is 0.410. The summed E-state index contributed by atoms with van der Waals surface area (Å²) in [5.41, 5.74) is 0. The second-order valence-corrected chi connectivity index (χ2v) is 1.61. The van der Waals surface area contributed by atoms with Crippen molar-refractivity contribution in [2.24, 2.45) is 0 Å². The fraction of sp³-hybridized carbons (Fsp3) is 0.800. The SMILES string of the molecule is [O]C(=O)NCCCCF. The molecule has 0 fully saturated rings. The molecule has 0 aromatic carbocycles. The zero-order chi connectivity index (χ0) is 7.11. The molecule has 0 aliphatic heterocycles. The average molecular weight is 134 g/mol. The lowest BCUT2D eigenvalue weighted by atomic mass is 10.3. The van der Waals surface area contributed by atoms with Crippen molar-refractivity contribution in [3.8, 4) is 0 Å². The van der Waals surface area contributed by atoms with E-state index < -0.39 is 12.8 Å². The Hall–Kier alpha value is -0.800. The van der Waals surface area contributed by atoms with Gasteiger partial charge in [0.05, 0.1) is 6.67 Å². The summed E-state index contributed by atoms with van der Waals surface area (Å²) in [4.78, 5) is 9.65. The summed E-state index contributed by atoms with van der Waals surface area (Å²) < 4.78 is 11.3. The molecule has 0 aromatic heterocycles.